The second-order valence-electron chi connectivity index (χ2n) is 6.29. The third-order valence-corrected chi connectivity index (χ3v) is 10.3. The Balaban J connectivity index is 2.72. The summed E-state index contributed by atoms with van der Waals surface area (Å²) < 4.78 is 7.15. The van der Waals surface area contributed by atoms with E-state index < -0.39 is 8.32 Å². The molecule has 0 aliphatic carbocycles. The molecule has 4 heteroatoms. The Kier molecular flexibility index (Phi) is 6.92. The lowest BCUT2D eigenvalue weighted by atomic mass is 10.2. The molecule has 0 bridgehead atoms. The second kappa shape index (κ2) is 7.73. The predicted octanol–water partition coefficient (Wildman–Crippen LogP) is 6.07. The third kappa shape index (κ3) is 4.17. The molecule has 0 heterocycles. The number of halogens is 1. The lowest BCUT2D eigenvalue weighted by Crippen LogP contribution is -2.47. The molecule has 0 aromatic heterocycles. The van der Waals surface area contributed by atoms with E-state index in [9.17, 15) is 0 Å². The van der Waals surface area contributed by atoms with E-state index in [-0.39, 0.29) is 0 Å². The minimum atomic E-state index is -1.93. The van der Waals surface area contributed by atoms with Crippen molar-refractivity contribution in [2.24, 2.45) is 0 Å². The van der Waals surface area contributed by atoms with Crippen molar-refractivity contribution < 1.29 is 9.46 Å². The van der Waals surface area contributed by atoms with E-state index >= 15 is 0 Å². The smallest absolute Gasteiger partial charge is 0.246 e. The Morgan fingerprint density at radius 1 is 1.00 bits per heavy atom. The molecule has 2 nitrogen and oxygen atoms in total. The molecule has 0 unspecified atom stereocenters. The van der Waals surface area contributed by atoms with Crippen LogP contribution in [0.25, 0.3) is 0 Å². The summed E-state index contributed by atoms with van der Waals surface area (Å²) in [6.07, 6.45) is 0. The predicted molar refractivity (Wildman–Crippen MR) is 91.1 cm³/mol. The van der Waals surface area contributed by atoms with Crippen LogP contribution in [0.1, 0.15) is 47.1 Å². The fourth-order valence-corrected chi connectivity index (χ4v) is 8.40. The van der Waals surface area contributed by atoms with E-state index in [1.165, 1.54) is 0 Å². The van der Waals surface area contributed by atoms with E-state index in [0.717, 1.165) is 10.0 Å². The highest BCUT2D eigenvalue weighted by molar-refractivity contribution is 9.10. The van der Waals surface area contributed by atoms with Crippen LogP contribution < -0.4 is 0 Å². The topological polar surface area (TPSA) is 18.5 Å². The van der Waals surface area contributed by atoms with Gasteiger partial charge < -0.3 is 0 Å². The first-order chi connectivity index (χ1) is 9.30. The normalized spacial score (nSPS) is 12.7. The fraction of sp³-hybridized carbons (Fsp3) is 0.625. The SMILES string of the molecule is CC(C)[Si](OOCc1cccc(Br)c1)(C(C)C)C(C)C. The van der Waals surface area contributed by atoms with Crippen LogP contribution in [0.3, 0.4) is 0 Å². The average molecular weight is 359 g/mol. The van der Waals surface area contributed by atoms with Crippen LogP contribution in [0.2, 0.25) is 16.6 Å². The van der Waals surface area contributed by atoms with Crippen LogP contribution in [-0.2, 0) is 16.1 Å². The summed E-state index contributed by atoms with van der Waals surface area (Å²) in [5.74, 6) is 0. The molecule has 0 saturated carbocycles. The van der Waals surface area contributed by atoms with Gasteiger partial charge in [0.15, 0.2) is 0 Å². The minimum absolute atomic E-state index is 0.500. The Morgan fingerprint density at radius 2 is 1.55 bits per heavy atom. The molecule has 0 fully saturated rings. The second-order valence-corrected chi connectivity index (χ2v) is 12.5. The maximum atomic E-state index is 6.08. The molecule has 114 valence electrons. The van der Waals surface area contributed by atoms with Crippen molar-refractivity contribution in [3.63, 3.8) is 0 Å². The molecular formula is C16H27BrO2Si. The lowest BCUT2D eigenvalue weighted by molar-refractivity contribution is -0.234. The number of benzene rings is 1. The van der Waals surface area contributed by atoms with Crippen LogP contribution in [0.15, 0.2) is 28.7 Å². The summed E-state index contributed by atoms with van der Waals surface area (Å²) >= 11 is 3.48. The summed E-state index contributed by atoms with van der Waals surface area (Å²) in [5.41, 5.74) is 2.72. The van der Waals surface area contributed by atoms with Gasteiger partial charge in [-0.15, -0.1) is 0 Å². The van der Waals surface area contributed by atoms with Gasteiger partial charge in [-0.1, -0.05) is 69.6 Å². The molecule has 0 aliphatic heterocycles. The maximum absolute atomic E-state index is 6.08. The van der Waals surface area contributed by atoms with Gasteiger partial charge in [0.1, 0.15) is 6.61 Å². The first-order valence-electron chi connectivity index (χ1n) is 7.35. The van der Waals surface area contributed by atoms with Crippen LogP contribution in [0.4, 0.5) is 0 Å². The third-order valence-electron chi connectivity index (χ3n) is 4.02. The van der Waals surface area contributed by atoms with Gasteiger partial charge in [0.05, 0.1) is 0 Å². The first kappa shape index (κ1) is 17.9. The minimum Gasteiger partial charge on any atom is -0.285 e. The molecule has 0 N–H and O–H groups in total. The summed E-state index contributed by atoms with van der Waals surface area (Å²) in [4.78, 5) is 5.67. The standard InChI is InChI=1S/C16H27BrO2Si/c1-12(2)20(13(3)4,14(5)6)19-18-11-15-8-7-9-16(17)10-15/h7-10,12-14H,11H2,1-6H3. The van der Waals surface area contributed by atoms with Crippen molar-refractivity contribution >= 4 is 24.2 Å². The highest BCUT2D eigenvalue weighted by atomic mass is 79.9. The summed E-state index contributed by atoms with van der Waals surface area (Å²) in [5, 5.41) is 0. The van der Waals surface area contributed by atoms with E-state index in [2.05, 4.69) is 69.6 Å². The van der Waals surface area contributed by atoms with E-state index in [0.29, 0.717) is 23.2 Å². The molecular weight excluding hydrogens is 332 g/mol. The molecule has 1 aromatic carbocycles. The average Bonchev–Trinajstić information content (AvgIpc) is 2.33. The highest BCUT2D eigenvalue weighted by Gasteiger charge is 2.47. The van der Waals surface area contributed by atoms with Gasteiger partial charge in [-0.05, 0) is 34.3 Å². The van der Waals surface area contributed by atoms with Gasteiger partial charge in [-0.3, -0.25) is 4.58 Å². The van der Waals surface area contributed by atoms with Gasteiger partial charge >= 0.3 is 0 Å². The molecule has 20 heavy (non-hydrogen) atoms. The molecule has 0 aliphatic rings. The van der Waals surface area contributed by atoms with Gasteiger partial charge in [0, 0.05) is 4.47 Å². The van der Waals surface area contributed by atoms with Crippen molar-refractivity contribution in [2.45, 2.75) is 64.8 Å². The quantitative estimate of drug-likeness (QED) is 0.334. The zero-order chi connectivity index (χ0) is 15.3. The molecule has 0 atom stereocenters. The molecule has 0 saturated heterocycles. The zero-order valence-electron chi connectivity index (χ0n) is 13.4. The van der Waals surface area contributed by atoms with Crippen molar-refractivity contribution in [1.29, 1.82) is 0 Å². The van der Waals surface area contributed by atoms with Crippen molar-refractivity contribution in [3.05, 3.63) is 34.3 Å². The maximum Gasteiger partial charge on any atom is 0.246 e. The van der Waals surface area contributed by atoms with Crippen molar-refractivity contribution in [2.75, 3.05) is 0 Å². The molecule has 1 aromatic rings. The monoisotopic (exact) mass is 358 g/mol. The summed E-state index contributed by atoms with van der Waals surface area (Å²) in [6.45, 7) is 14.1. The van der Waals surface area contributed by atoms with Crippen LogP contribution in [-0.4, -0.2) is 8.32 Å². The highest BCUT2D eigenvalue weighted by Crippen LogP contribution is 2.42. The fourth-order valence-electron chi connectivity index (χ4n) is 3.11. The Hall–Kier alpha value is -0.163. The van der Waals surface area contributed by atoms with Gasteiger partial charge in [-0.2, -0.15) is 0 Å². The van der Waals surface area contributed by atoms with Crippen LogP contribution >= 0.6 is 15.9 Å². The summed E-state index contributed by atoms with van der Waals surface area (Å²) in [7, 11) is -1.93. The largest absolute Gasteiger partial charge is 0.285 e. The molecule has 0 radical (unpaired) electrons. The molecule has 0 amide bonds. The Bertz CT molecular complexity index is 397. The van der Waals surface area contributed by atoms with Gasteiger partial charge in [-0.25, -0.2) is 4.89 Å². The van der Waals surface area contributed by atoms with Gasteiger partial charge in [0.25, 0.3) is 0 Å². The van der Waals surface area contributed by atoms with Crippen LogP contribution in [0, 0.1) is 0 Å². The number of rotatable bonds is 7. The Morgan fingerprint density at radius 3 is 2.00 bits per heavy atom. The zero-order valence-corrected chi connectivity index (χ0v) is 16.0. The van der Waals surface area contributed by atoms with E-state index in [4.69, 9.17) is 9.46 Å². The molecule has 1 rings (SSSR count). The van der Waals surface area contributed by atoms with Crippen LogP contribution in [0.5, 0.6) is 0 Å². The lowest BCUT2D eigenvalue weighted by Gasteiger charge is -2.40. The van der Waals surface area contributed by atoms with E-state index in [1.807, 2.05) is 12.1 Å². The van der Waals surface area contributed by atoms with Gasteiger partial charge in [0.2, 0.25) is 8.32 Å². The summed E-state index contributed by atoms with van der Waals surface area (Å²) in [6, 6.07) is 8.14. The number of hydrogen-bond donors (Lipinski definition) is 0. The van der Waals surface area contributed by atoms with Crippen molar-refractivity contribution in [1.82, 2.24) is 0 Å². The van der Waals surface area contributed by atoms with E-state index in [1.54, 1.807) is 0 Å². The molecule has 0 spiro atoms. The van der Waals surface area contributed by atoms with Crippen molar-refractivity contribution in [3.8, 4) is 0 Å². The number of hydrogen-bond acceptors (Lipinski definition) is 2. The Labute approximate surface area is 133 Å². The first-order valence-corrected chi connectivity index (χ1v) is 10.3.